The van der Waals surface area contributed by atoms with E-state index >= 15 is 0 Å². The summed E-state index contributed by atoms with van der Waals surface area (Å²) in [7, 11) is 1.78. The van der Waals surface area contributed by atoms with E-state index in [4.69, 9.17) is 9.15 Å². The van der Waals surface area contributed by atoms with E-state index in [0.717, 1.165) is 25.2 Å². The van der Waals surface area contributed by atoms with E-state index in [2.05, 4.69) is 20.4 Å². The van der Waals surface area contributed by atoms with Crippen LogP contribution in [0.4, 0.5) is 16.2 Å². The number of likely N-dealkylation sites (N-methyl/N-ethyl adjacent to an activating group) is 1. The molecule has 2 aromatic heterocycles. The van der Waals surface area contributed by atoms with Crippen LogP contribution in [-0.4, -0.2) is 58.9 Å². The number of aromatic amines is 1. The lowest BCUT2D eigenvalue weighted by Crippen LogP contribution is -2.42. The molecule has 1 aliphatic rings. The molecular weight excluding hydrogens is 422 g/mol. The smallest absolute Gasteiger partial charge is 0.410 e. The van der Waals surface area contributed by atoms with Crippen LogP contribution in [0, 0.1) is 0 Å². The molecule has 3 aromatic rings. The zero-order valence-electron chi connectivity index (χ0n) is 19.3. The number of carbonyl (C=O) groups excluding carboxylic acids is 2. The maximum Gasteiger partial charge on any atom is 0.410 e. The molecule has 9 nitrogen and oxygen atoms in total. The molecule has 33 heavy (non-hydrogen) atoms. The Bertz CT molecular complexity index is 1100. The van der Waals surface area contributed by atoms with E-state index in [1.54, 1.807) is 36.4 Å². The Morgan fingerprint density at radius 3 is 2.67 bits per heavy atom. The third-order valence-electron chi connectivity index (χ3n) is 5.48. The van der Waals surface area contributed by atoms with Crippen LogP contribution in [-0.2, 0) is 4.74 Å². The highest BCUT2D eigenvalue weighted by molar-refractivity contribution is 6.03. The lowest BCUT2D eigenvalue weighted by molar-refractivity contribution is 0.0238. The Morgan fingerprint density at radius 2 is 2.00 bits per heavy atom. The number of H-pyrrole nitrogens is 1. The van der Waals surface area contributed by atoms with Crippen LogP contribution >= 0.6 is 0 Å². The molecular formula is C24H29N5O4. The first-order chi connectivity index (χ1) is 15.7. The number of benzene rings is 1. The quantitative estimate of drug-likeness (QED) is 0.597. The second kappa shape index (κ2) is 9.01. The van der Waals surface area contributed by atoms with Crippen molar-refractivity contribution in [2.45, 2.75) is 38.8 Å². The highest BCUT2D eigenvalue weighted by atomic mass is 16.6. The maximum absolute atomic E-state index is 12.5. The number of carbonyl (C=O) groups is 2. The van der Waals surface area contributed by atoms with Gasteiger partial charge in [0.1, 0.15) is 11.3 Å². The molecule has 2 amide bonds. The van der Waals surface area contributed by atoms with E-state index < -0.39 is 5.60 Å². The minimum absolute atomic E-state index is 0.0854. The van der Waals surface area contributed by atoms with Crippen molar-refractivity contribution in [3.63, 3.8) is 0 Å². The zero-order chi connectivity index (χ0) is 23.6. The first kappa shape index (κ1) is 22.4. The number of nitrogens with one attached hydrogen (secondary N) is 2. The summed E-state index contributed by atoms with van der Waals surface area (Å²) in [5.74, 6) is 0.309. The molecule has 4 rings (SSSR count). The number of nitrogens with zero attached hydrogens (tertiary/aromatic N) is 3. The van der Waals surface area contributed by atoms with Crippen LogP contribution in [0.1, 0.15) is 37.7 Å². The van der Waals surface area contributed by atoms with Gasteiger partial charge in [-0.25, -0.2) is 4.79 Å². The maximum atomic E-state index is 12.5. The van der Waals surface area contributed by atoms with Crippen LogP contribution in [0.2, 0.25) is 0 Å². The number of aromatic nitrogens is 2. The normalized spacial score (nSPS) is 16.0. The molecule has 1 unspecified atom stereocenters. The predicted molar refractivity (Wildman–Crippen MR) is 125 cm³/mol. The third kappa shape index (κ3) is 5.36. The summed E-state index contributed by atoms with van der Waals surface area (Å²) in [5, 5.41) is 9.73. The van der Waals surface area contributed by atoms with Crippen molar-refractivity contribution < 1.29 is 18.7 Å². The fourth-order valence-electron chi connectivity index (χ4n) is 3.72. The molecule has 1 atom stereocenters. The summed E-state index contributed by atoms with van der Waals surface area (Å²) in [5.41, 5.74) is 2.11. The minimum Gasteiger partial charge on any atom is -0.463 e. The average Bonchev–Trinajstić information content (AvgIpc) is 3.53. The second-order valence-electron chi connectivity index (χ2n) is 9.12. The summed E-state index contributed by atoms with van der Waals surface area (Å²) >= 11 is 0. The van der Waals surface area contributed by atoms with Gasteiger partial charge in [-0.3, -0.25) is 9.89 Å². The molecule has 9 heteroatoms. The Balaban J connectivity index is 1.33. The van der Waals surface area contributed by atoms with Gasteiger partial charge >= 0.3 is 6.09 Å². The zero-order valence-corrected chi connectivity index (χ0v) is 19.3. The Morgan fingerprint density at radius 1 is 1.24 bits per heavy atom. The Labute approximate surface area is 192 Å². The van der Waals surface area contributed by atoms with Crippen LogP contribution in [0.15, 0.2) is 53.1 Å². The first-order valence-electron chi connectivity index (χ1n) is 10.9. The molecule has 1 fully saturated rings. The Kier molecular flexibility index (Phi) is 6.13. The van der Waals surface area contributed by atoms with Crippen molar-refractivity contribution in [3.05, 3.63) is 54.4 Å². The number of hydrogen-bond acceptors (Lipinski definition) is 6. The summed E-state index contributed by atoms with van der Waals surface area (Å²) in [6, 6.07) is 12.9. The van der Waals surface area contributed by atoms with Crippen molar-refractivity contribution >= 4 is 23.4 Å². The van der Waals surface area contributed by atoms with Gasteiger partial charge in [0.25, 0.3) is 5.91 Å². The summed E-state index contributed by atoms with van der Waals surface area (Å²) in [6.45, 7) is 7.16. The fourth-order valence-corrected chi connectivity index (χ4v) is 3.72. The number of ether oxygens (including phenoxy) is 1. The van der Waals surface area contributed by atoms with Gasteiger partial charge in [-0.1, -0.05) is 0 Å². The summed E-state index contributed by atoms with van der Waals surface area (Å²) in [4.78, 5) is 28.8. The lowest BCUT2D eigenvalue weighted by atomic mass is 10.2. The van der Waals surface area contributed by atoms with Gasteiger partial charge in [0.05, 0.1) is 12.3 Å². The van der Waals surface area contributed by atoms with Crippen molar-refractivity contribution in [1.29, 1.82) is 0 Å². The van der Waals surface area contributed by atoms with Crippen LogP contribution < -0.4 is 10.2 Å². The number of hydrogen-bond donors (Lipinski definition) is 2. The Hall–Kier alpha value is -3.75. The summed E-state index contributed by atoms with van der Waals surface area (Å²) < 4.78 is 10.8. The molecule has 1 aliphatic heterocycles. The SMILES string of the molecule is CN(C(=O)OC(C)(C)C)C1CCN(c2ccc(NC(=O)c3cc(-c4ccco4)[nH]n3)cc2)C1. The molecule has 174 valence electrons. The number of furan rings is 1. The van der Waals surface area contributed by atoms with Crippen molar-refractivity contribution in [3.8, 4) is 11.5 Å². The molecule has 2 N–H and O–H groups in total. The molecule has 0 radical (unpaired) electrons. The number of rotatable bonds is 5. The third-order valence-corrected chi connectivity index (χ3v) is 5.48. The van der Waals surface area contributed by atoms with Gasteiger partial charge in [-0.15, -0.1) is 0 Å². The molecule has 0 spiro atoms. The van der Waals surface area contributed by atoms with Crippen molar-refractivity contribution in [2.75, 3.05) is 30.4 Å². The van der Waals surface area contributed by atoms with Crippen LogP contribution in [0.5, 0.6) is 0 Å². The number of anilines is 2. The average molecular weight is 452 g/mol. The standard InChI is InChI=1S/C24H29N5O4/c1-24(2,3)33-23(31)28(4)18-11-12-29(15-18)17-9-7-16(8-10-17)25-22(30)20-14-19(26-27-20)21-6-5-13-32-21/h5-10,13-14,18H,11-12,15H2,1-4H3,(H,25,30)(H,26,27). The molecule has 3 heterocycles. The largest absolute Gasteiger partial charge is 0.463 e. The number of amides is 2. The van der Waals surface area contributed by atoms with E-state index in [1.807, 2.05) is 45.0 Å². The van der Waals surface area contributed by atoms with Gasteiger partial charge in [-0.2, -0.15) is 5.10 Å². The van der Waals surface area contributed by atoms with Crippen molar-refractivity contribution in [2.24, 2.45) is 0 Å². The first-order valence-corrected chi connectivity index (χ1v) is 10.9. The van der Waals surface area contributed by atoms with E-state index in [9.17, 15) is 9.59 Å². The second-order valence-corrected chi connectivity index (χ2v) is 9.12. The lowest BCUT2D eigenvalue weighted by Gasteiger charge is -2.28. The fraction of sp³-hybridized carbons (Fsp3) is 0.375. The summed E-state index contributed by atoms with van der Waals surface area (Å²) in [6.07, 6.45) is 2.13. The highest BCUT2D eigenvalue weighted by Gasteiger charge is 2.31. The molecule has 0 saturated carbocycles. The van der Waals surface area contributed by atoms with Gasteiger partial charge in [0, 0.05) is 37.6 Å². The molecule has 1 saturated heterocycles. The van der Waals surface area contributed by atoms with E-state index in [1.165, 1.54) is 0 Å². The topological polar surface area (TPSA) is 104 Å². The monoisotopic (exact) mass is 451 g/mol. The van der Waals surface area contributed by atoms with Crippen LogP contribution in [0.3, 0.4) is 0 Å². The molecule has 0 aliphatic carbocycles. The van der Waals surface area contributed by atoms with Crippen molar-refractivity contribution in [1.82, 2.24) is 15.1 Å². The predicted octanol–water partition coefficient (Wildman–Crippen LogP) is 4.37. The molecule has 0 bridgehead atoms. The van der Waals surface area contributed by atoms with Gasteiger partial charge in [-0.05, 0) is 63.6 Å². The van der Waals surface area contributed by atoms with Crippen LogP contribution in [0.25, 0.3) is 11.5 Å². The van der Waals surface area contributed by atoms with Gasteiger partial charge in [0.2, 0.25) is 0 Å². The van der Waals surface area contributed by atoms with E-state index in [0.29, 0.717) is 17.1 Å². The minimum atomic E-state index is -0.514. The van der Waals surface area contributed by atoms with Gasteiger partial charge < -0.3 is 24.3 Å². The van der Waals surface area contributed by atoms with E-state index in [-0.39, 0.29) is 23.7 Å². The molecule has 1 aromatic carbocycles. The highest BCUT2D eigenvalue weighted by Crippen LogP contribution is 2.25. The van der Waals surface area contributed by atoms with Gasteiger partial charge in [0.15, 0.2) is 11.5 Å².